The SMILES string of the molecule is O=C(O)C=CC(=O)OCN1CCOCC1. The van der Waals surface area contributed by atoms with E-state index in [0.29, 0.717) is 13.2 Å². The summed E-state index contributed by atoms with van der Waals surface area (Å²) >= 11 is 0. The minimum atomic E-state index is -1.17. The van der Waals surface area contributed by atoms with Gasteiger partial charge in [0, 0.05) is 25.2 Å². The first-order chi connectivity index (χ1) is 7.18. The summed E-state index contributed by atoms with van der Waals surface area (Å²) < 4.78 is 9.92. The number of carbonyl (C=O) groups is 2. The quantitative estimate of drug-likeness (QED) is 0.501. The number of nitrogens with zero attached hydrogens (tertiary/aromatic N) is 1. The Morgan fingerprint density at radius 2 is 2.00 bits per heavy atom. The van der Waals surface area contributed by atoms with Gasteiger partial charge in [-0.15, -0.1) is 0 Å². The molecule has 15 heavy (non-hydrogen) atoms. The van der Waals surface area contributed by atoms with E-state index in [1.807, 2.05) is 4.90 Å². The van der Waals surface area contributed by atoms with Crippen LogP contribution in [0.15, 0.2) is 12.2 Å². The van der Waals surface area contributed by atoms with Crippen LogP contribution in [-0.4, -0.2) is 55.0 Å². The van der Waals surface area contributed by atoms with E-state index in [1.54, 1.807) is 0 Å². The van der Waals surface area contributed by atoms with Crippen LogP contribution in [0.4, 0.5) is 0 Å². The van der Waals surface area contributed by atoms with Crippen LogP contribution in [0.5, 0.6) is 0 Å². The number of carboxylic acid groups (broad SMARTS) is 1. The van der Waals surface area contributed by atoms with Crippen LogP contribution in [0.1, 0.15) is 0 Å². The third kappa shape index (κ3) is 5.14. The van der Waals surface area contributed by atoms with Crippen LogP contribution in [-0.2, 0) is 19.1 Å². The van der Waals surface area contributed by atoms with E-state index in [-0.39, 0.29) is 6.73 Å². The average Bonchev–Trinajstić information content (AvgIpc) is 2.25. The summed E-state index contributed by atoms with van der Waals surface area (Å²) in [6.45, 7) is 2.86. The van der Waals surface area contributed by atoms with Crippen molar-refractivity contribution in [3.63, 3.8) is 0 Å². The standard InChI is InChI=1S/C9H13NO5/c11-8(12)1-2-9(13)15-7-10-3-5-14-6-4-10/h1-2H,3-7H2,(H,11,12). The maximum Gasteiger partial charge on any atom is 0.332 e. The molecule has 6 heteroatoms. The van der Waals surface area contributed by atoms with Gasteiger partial charge < -0.3 is 14.6 Å². The number of aliphatic carboxylic acids is 1. The Labute approximate surface area is 87.1 Å². The molecule has 84 valence electrons. The number of hydrogen-bond donors (Lipinski definition) is 1. The fraction of sp³-hybridized carbons (Fsp3) is 0.556. The molecule has 0 spiro atoms. The van der Waals surface area contributed by atoms with E-state index >= 15 is 0 Å². The second-order valence-corrected chi connectivity index (χ2v) is 2.99. The summed E-state index contributed by atoms with van der Waals surface area (Å²) in [6.07, 6.45) is 1.64. The van der Waals surface area contributed by atoms with Gasteiger partial charge in [0.25, 0.3) is 0 Å². The summed E-state index contributed by atoms with van der Waals surface area (Å²) in [4.78, 5) is 23.0. The topological polar surface area (TPSA) is 76.1 Å². The third-order valence-electron chi connectivity index (χ3n) is 1.86. The highest BCUT2D eigenvalue weighted by Gasteiger charge is 2.11. The van der Waals surface area contributed by atoms with Crippen molar-refractivity contribution in [2.75, 3.05) is 33.0 Å². The maximum atomic E-state index is 11.0. The zero-order valence-electron chi connectivity index (χ0n) is 8.22. The lowest BCUT2D eigenvalue weighted by Crippen LogP contribution is -2.38. The van der Waals surface area contributed by atoms with Crippen LogP contribution < -0.4 is 0 Å². The number of carboxylic acids is 1. The molecular formula is C9H13NO5. The molecule has 0 unspecified atom stereocenters. The minimum absolute atomic E-state index is 0.173. The first kappa shape index (κ1) is 11.7. The largest absolute Gasteiger partial charge is 0.478 e. The van der Waals surface area contributed by atoms with E-state index in [1.165, 1.54) is 0 Å². The van der Waals surface area contributed by atoms with Gasteiger partial charge in [-0.05, 0) is 0 Å². The van der Waals surface area contributed by atoms with Crippen molar-refractivity contribution in [1.29, 1.82) is 0 Å². The van der Waals surface area contributed by atoms with Crippen molar-refractivity contribution >= 4 is 11.9 Å². The van der Waals surface area contributed by atoms with E-state index in [0.717, 1.165) is 25.2 Å². The Morgan fingerprint density at radius 3 is 2.60 bits per heavy atom. The van der Waals surface area contributed by atoms with Crippen LogP contribution in [0.3, 0.4) is 0 Å². The van der Waals surface area contributed by atoms with E-state index in [9.17, 15) is 9.59 Å². The molecule has 1 saturated heterocycles. The Kier molecular flexibility index (Phi) is 4.79. The molecule has 0 saturated carbocycles. The van der Waals surface area contributed by atoms with Gasteiger partial charge >= 0.3 is 11.9 Å². The first-order valence-corrected chi connectivity index (χ1v) is 4.56. The van der Waals surface area contributed by atoms with Crippen LogP contribution in [0.25, 0.3) is 0 Å². The van der Waals surface area contributed by atoms with Gasteiger partial charge in [0.2, 0.25) is 0 Å². The summed E-state index contributed by atoms with van der Waals surface area (Å²) in [5, 5.41) is 8.26. The summed E-state index contributed by atoms with van der Waals surface area (Å²) in [6, 6.07) is 0. The van der Waals surface area contributed by atoms with Gasteiger partial charge in [-0.2, -0.15) is 0 Å². The monoisotopic (exact) mass is 215 g/mol. The Hall–Kier alpha value is -1.40. The normalized spacial score (nSPS) is 17.9. The Bertz CT molecular complexity index is 257. The fourth-order valence-electron chi connectivity index (χ4n) is 1.07. The molecule has 0 radical (unpaired) electrons. The van der Waals surface area contributed by atoms with E-state index in [2.05, 4.69) is 0 Å². The van der Waals surface area contributed by atoms with Crippen molar-refractivity contribution in [2.24, 2.45) is 0 Å². The molecule has 1 N–H and O–H groups in total. The van der Waals surface area contributed by atoms with Crippen molar-refractivity contribution in [3.05, 3.63) is 12.2 Å². The van der Waals surface area contributed by atoms with Crippen molar-refractivity contribution in [1.82, 2.24) is 4.90 Å². The molecule has 0 bridgehead atoms. The van der Waals surface area contributed by atoms with E-state index < -0.39 is 11.9 Å². The number of carbonyl (C=O) groups excluding carboxylic acids is 1. The van der Waals surface area contributed by atoms with Gasteiger partial charge in [-0.1, -0.05) is 0 Å². The fourth-order valence-corrected chi connectivity index (χ4v) is 1.07. The van der Waals surface area contributed by atoms with Crippen LogP contribution in [0.2, 0.25) is 0 Å². The zero-order valence-corrected chi connectivity index (χ0v) is 8.22. The summed E-state index contributed by atoms with van der Waals surface area (Å²) in [5.41, 5.74) is 0. The van der Waals surface area contributed by atoms with Gasteiger partial charge in [0.05, 0.1) is 13.2 Å². The molecule has 1 fully saturated rings. The highest BCUT2D eigenvalue weighted by molar-refractivity contribution is 5.90. The molecule has 0 atom stereocenters. The predicted molar refractivity (Wildman–Crippen MR) is 50.1 cm³/mol. The van der Waals surface area contributed by atoms with Gasteiger partial charge in [-0.3, -0.25) is 4.90 Å². The van der Waals surface area contributed by atoms with Crippen molar-refractivity contribution < 1.29 is 24.2 Å². The Balaban J connectivity index is 2.18. The predicted octanol–water partition coefficient (Wildman–Crippen LogP) is -0.540. The zero-order chi connectivity index (χ0) is 11.1. The lowest BCUT2D eigenvalue weighted by Gasteiger charge is -2.25. The number of esters is 1. The second kappa shape index (κ2) is 6.15. The molecule has 6 nitrogen and oxygen atoms in total. The van der Waals surface area contributed by atoms with Crippen LogP contribution in [0, 0.1) is 0 Å². The number of hydrogen-bond acceptors (Lipinski definition) is 5. The molecule has 1 aliphatic heterocycles. The highest BCUT2D eigenvalue weighted by Crippen LogP contribution is 1.96. The molecule has 0 aliphatic carbocycles. The minimum Gasteiger partial charge on any atom is -0.478 e. The smallest absolute Gasteiger partial charge is 0.332 e. The molecule has 1 heterocycles. The molecule has 0 amide bonds. The van der Waals surface area contributed by atoms with Crippen molar-refractivity contribution in [2.45, 2.75) is 0 Å². The second-order valence-electron chi connectivity index (χ2n) is 2.99. The van der Waals surface area contributed by atoms with Gasteiger partial charge in [-0.25, -0.2) is 9.59 Å². The molecular weight excluding hydrogens is 202 g/mol. The molecule has 1 rings (SSSR count). The average molecular weight is 215 g/mol. The number of morpholine rings is 1. The summed E-state index contributed by atoms with van der Waals surface area (Å²) in [7, 11) is 0. The molecule has 0 aromatic rings. The molecule has 0 aromatic carbocycles. The lowest BCUT2D eigenvalue weighted by atomic mass is 10.5. The van der Waals surface area contributed by atoms with Gasteiger partial charge in [0.15, 0.2) is 0 Å². The van der Waals surface area contributed by atoms with Crippen LogP contribution >= 0.6 is 0 Å². The maximum absolute atomic E-state index is 11.0. The molecule has 0 aromatic heterocycles. The number of ether oxygens (including phenoxy) is 2. The highest BCUT2D eigenvalue weighted by atomic mass is 16.5. The first-order valence-electron chi connectivity index (χ1n) is 4.56. The lowest BCUT2D eigenvalue weighted by molar-refractivity contribution is -0.145. The Morgan fingerprint density at radius 1 is 1.33 bits per heavy atom. The number of rotatable bonds is 4. The molecule has 1 aliphatic rings. The van der Waals surface area contributed by atoms with Gasteiger partial charge in [0.1, 0.15) is 6.73 Å². The summed E-state index contributed by atoms with van der Waals surface area (Å²) in [5.74, 6) is -1.82. The van der Waals surface area contributed by atoms with Crippen molar-refractivity contribution in [3.8, 4) is 0 Å². The van der Waals surface area contributed by atoms with E-state index in [4.69, 9.17) is 14.6 Å². The third-order valence-corrected chi connectivity index (χ3v) is 1.86.